The molecule has 20 heavy (non-hydrogen) atoms. The first-order valence-corrected chi connectivity index (χ1v) is 7.65. The van der Waals surface area contributed by atoms with Crippen LogP contribution in [0.25, 0.3) is 0 Å². The molecule has 1 aromatic carbocycles. The third kappa shape index (κ3) is 3.65. The second-order valence-electron chi connectivity index (χ2n) is 5.43. The maximum atomic E-state index is 11.9. The van der Waals surface area contributed by atoms with Crippen molar-refractivity contribution in [3.8, 4) is 0 Å². The van der Waals surface area contributed by atoms with E-state index in [-0.39, 0.29) is 5.91 Å². The van der Waals surface area contributed by atoms with Gasteiger partial charge in [0.25, 0.3) is 5.91 Å². The van der Waals surface area contributed by atoms with Crippen molar-refractivity contribution in [3.05, 3.63) is 23.8 Å². The maximum absolute atomic E-state index is 11.9. The Morgan fingerprint density at radius 1 is 1.25 bits per heavy atom. The minimum absolute atomic E-state index is 0.0408. The van der Waals surface area contributed by atoms with Crippen molar-refractivity contribution in [1.82, 2.24) is 5.32 Å². The lowest BCUT2D eigenvalue weighted by Gasteiger charge is -2.24. The summed E-state index contributed by atoms with van der Waals surface area (Å²) in [5, 5.41) is 2.88. The molecular weight excluding hydrogens is 250 g/mol. The number of anilines is 2. The van der Waals surface area contributed by atoms with Crippen LogP contribution in [-0.4, -0.2) is 25.5 Å². The maximum Gasteiger partial charge on any atom is 0.251 e. The summed E-state index contributed by atoms with van der Waals surface area (Å²) in [6.45, 7) is 4.86. The molecule has 1 fully saturated rings. The number of nitrogens with one attached hydrogen (secondary N) is 1. The standard InChI is InChI=1S/C16H25N3O/c1-2-9-18-16(20)13-7-8-15(14(17)12-13)19-10-5-3-4-6-11-19/h7-8,12H,2-6,9-11,17H2,1H3,(H,18,20). The molecule has 110 valence electrons. The highest BCUT2D eigenvalue weighted by molar-refractivity contribution is 5.96. The van der Waals surface area contributed by atoms with Gasteiger partial charge in [0.2, 0.25) is 0 Å². The normalized spacial score (nSPS) is 15.8. The number of carbonyl (C=O) groups is 1. The first kappa shape index (κ1) is 14.7. The lowest BCUT2D eigenvalue weighted by molar-refractivity contribution is 0.0953. The molecule has 0 bridgehead atoms. The molecule has 0 saturated carbocycles. The Balaban J connectivity index is 2.10. The Labute approximate surface area is 121 Å². The molecule has 0 spiro atoms. The topological polar surface area (TPSA) is 58.4 Å². The molecule has 2 rings (SSSR count). The van der Waals surface area contributed by atoms with E-state index >= 15 is 0 Å². The Bertz CT molecular complexity index is 451. The van der Waals surface area contributed by atoms with Crippen molar-refractivity contribution in [2.75, 3.05) is 30.3 Å². The molecule has 1 saturated heterocycles. The smallest absolute Gasteiger partial charge is 0.251 e. The van der Waals surface area contributed by atoms with Crippen molar-refractivity contribution in [3.63, 3.8) is 0 Å². The lowest BCUT2D eigenvalue weighted by Crippen LogP contribution is -2.26. The number of nitrogen functional groups attached to an aromatic ring is 1. The average Bonchev–Trinajstić information content (AvgIpc) is 2.73. The van der Waals surface area contributed by atoms with E-state index in [1.165, 1.54) is 25.7 Å². The van der Waals surface area contributed by atoms with Gasteiger partial charge in [0, 0.05) is 25.2 Å². The largest absolute Gasteiger partial charge is 0.397 e. The van der Waals surface area contributed by atoms with Gasteiger partial charge in [-0.05, 0) is 37.5 Å². The van der Waals surface area contributed by atoms with Gasteiger partial charge in [0.15, 0.2) is 0 Å². The van der Waals surface area contributed by atoms with Crippen molar-refractivity contribution in [1.29, 1.82) is 0 Å². The Kier molecular flexibility index (Phi) is 5.27. The number of nitrogens with zero attached hydrogens (tertiary/aromatic N) is 1. The molecular formula is C16H25N3O. The number of hydrogen-bond acceptors (Lipinski definition) is 3. The SMILES string of the molecule is CCCNC(=O)c1ccc(N2CCCCCC2)c(N)c1. The molecule has 0 atom stereocenters. The Hall–Kier alpha value is -1.71. The van der Waals surface area contributed by atoms with Gasteiger partial charge >= 0.3 is 0 Å². The van der Waals surface area contributed by atoms with Crippen LogP contribution in [0.1, 0.15) is 49.4 Å². The highest BCUT2D eigenvalue weighted by atomic mass is 16.1. The second kappa shape index (κ2) is 7.17. The highest BCUT2D eigenvalue weighted by Gasteiger charge is 2.14. The summed E-state index contributed by atoms with van der Waals surface area (Å²) in [4.78, 5) is 14.3. The number of carbonyl (C=O) groups excluding carboxylic acids is 1. The van der Waals surface area contributed by atoms with E-state index in [1.54, 1.807) is 6.07 Å². The van der Waals surface area contributed by atoms with Gasteiger partial charge in [-0.1, -0.05) is 19.8 Å². The van der Waals surface area contributed by atoms with Crippen LogP contribution in [0.2, 0.25) is 0 Å². The summed E-state index contributed by atoms with van der Waals surface area (Å²) in [6, 6.07) is 5.66. The van der Waals surface area contributed by atoms with E-state index in [9.17, 15) is 4.79 Å². The number of rotatable bonds is 4. The number of benzene rings is 1. The van der Waals surface area contributed by atoms with Gasteiger partial charge in [0.1, 0.15) is 0 Å². The van der Waals surface area contributed by atoms with Crippen LogP contribution in [0.3, 0.4) is 0 Å². The zero-order valence-electron chi connectivity index (χ0n) is 12.3. The number of nitrogens with two attached hydrogens (primary N) is 1. The fraction of sp³-hybridized carbons (Fsp3) is 0.562. The molecule has 1 heterocycles. The monoisotopic (exact) mass is 275 g/mol. The minimum atomic E-state index is -0.0408. The van der Waals surface area contributed by atoms with E-state index in [2.05, 4.69) is 10.2 Å². The molecule has 4 heteroatoms. The molecule has 0 radical (unpaired) electrons. The Morgan fingerprint density at radius 2 is 1.95 bits per heavy atom. The molecule has 1 aliphatic heterocycles. The van der Waals surface area contributed by atoms with Crippen LogP contribution in [0.5, 0.6) is 0 Å². The van der Waals surface area contributed by atoms with Crippen molar-refractivity contribution in [2.24, 2.45) is 0 Å². The third-order valence-electron chi connectivity index (χ3n) is 3.77. The molecule has 0 aliphatic carbocycles. The van der Waals surface area contributed by atoms with Crippen LogP contribution in [0.15, 0.2) is 18.2 Å². The quantitative estimate of drug-likeness (QED) is 0.831. The van der Waals surface area contributed by atoms with Crippen LogP contribution >= 0.6 is 0 Å². The lowest BCUT2D eigenvalue weighted by atomic mass is 10.1. The molecule has 4 nitrogen and oxygen atoms in total. The van der Waals surface area contributed by atoms with Gasteiger partial charge in [-0.2, -0.15) is 0 Å². The molecule has 0 aromatic heterocycles. The fourth-order valence-corrected chi connectivity index (χ4v) is 2.64. The van der Waals surface area contributed by atoms with Crippen LogP contribution < -0.4 is 16.0 Å². The van der Waals surface area contributed by atoms with E-state index in [0.717, 1.165) is 25.2 Å². The van der Waals surface area contributed by atoms with Gasteiger partial charge in [0.05, 0.1) is 11.4 Å². The molecule has 1 amide bonds. The first-order valence-electron chi connectivity index (χ1n) is 7.65. The zero-order chi connectivity index (χ0) is 14.4. The first-order chi connectivity index (χ1) is 9.72. The van der Waals surface area contributed by atoms with Gasteiger partial charge in [-0.25, -0.2) is 0 Å². The summed E-state index contributed by atoms with van der Waals surface area (Å²) in [6.07, 6.45) is 5.98. The highest BCUT2D eigenvalue weighted by Crippen LogP contribution is 2.26. The van der Waals surface area contributed by atoms with Crippen LogP contribution in [0.4, 0.5) is 11.4 Å². The predicted octanol–water partition coefficient (Wildman–Crippen LogP) is 2.79. The number of hydrogen-bond donors (Lipinski definition) is 2. The van der Waals surface area contributed by atoms with Crippen molar-refractivity contribution >= 4 is 17.3 Å². The second-order valence-corrected chi connectivity index (χ2v) is 5.43. The molecule has 0 unspecified atom stereocenters. The van der Waals surface area contributed by atoms with Gasteiger partial charge in [-0.3, -0.25) is 4.79 Å². The summed E-state index contributed by atoms with van der Waals surface area (Å²) in [7, 11) is 0. The van der Waals surface area contributed by atoms with E-state index in [0.29, 0.717) is 17.8 Å². The predicted molar refractivity (Wildman–Crippen MR) is 84.2 cm³/mol. The van der Waals surface area contributed by atoms with Gasteiger partial charge < -0.3 is 16.0 Å². The third-order valence-corrected chi connectivity index (χ3v) is 3.77. The average molecular weight is 275 g/mol. The zero-order valence-corrected chi connectivity index (χ0v) is 12.3. The van der Waals surface area contributed by atoms with Crippen molar-refractivity contribution < 1.29 is 4.79 Å². The van der Waals surface area contributed by atoms with Crippen molar-refractivity contribution in [2.45, 2.75) is 39.0 Å². The summed E-state index contributed by atoms with van der Waals surface area (Å²) in [5.74, 6) is -0.0408. The minimum Gasteiger partial charge on any atom is -0.397 e. The summed E-state index contributed by atoms with van der Waals surface area (Å²) in [5.41, 5.74) is 8.57. The molecule has 3 N–H and O–H groups in total. The summed E-state index contributed by atoms with van der Waals surface area (Å²) < 4.78 is 0. The van der Waals surface area contributed by atoms with Crippen LogP contribution in [0, 0.1) is 0 Å². The molecule has 1 aromatic rings. The van der Waals surface area contributed by atoms with Crippen LogP contribution in [-0.2, 0) is 0 Å². The number of amides is 1. The molecule has 1 aliphatic rings. The van der Waals surface area contributed by atoms with E-state index in [1.807, 2.05) is 19.1 Å². The fourth-order valence-electron chi connectivity index (χ4n) is 2.64. The van der Waals surface area contributed by atoms with E-state index in [4.69, 9.17) is 5.73 Å². The van der Waals surface area contributed by atoms with E-state index < -0.39 is 0 Å². The Morgan fingerprint density at radius 3 is 2.55 bits per heavy atom. The van der Waals surface area contributed by atoms with Gasteiger partial charge in [-0.15, -0.1) is 0 Å². The summed E-state index contributed by atoms with van der Waals surface area (Å²) >= 11 is 0.